The zero-order chi connectivity index (χ0) is 13.4. The Bertz CT molecular complexity index is 587. The third-order valence-electron chi connectivity index (χ3n) is 4.26. The number of hydrogen-bond donors (Lipinski definition) is 2. The summed E-state index contributed by atoms with van der Waals surface area (Å²) in [5.41, 5.74) is 0.998. The van der Waals surface area contributed by atoms with Crippen LogP contribution in [0.1, 0.15) is 38.3 Å². The molecule has 2 nitrogen and oxygen atoms in total. The molecule has 0 aromatic heterocycles. The monoisotopic (exact) mass is 255 g/mol. The van der Waals surface area contributed by atoms with Crippen molar-refractivity contribution < 1.29 is 5.11 Å². The molecule has 2 N–H and O–H groups in total. The Kier molecular flexibility index (Phi) is 3.19. The van der Waals surface area contributed by atoms with E-state index in [-0.39, 0.29) is 6.04 Å². The van der Waals surface area contributed by atoms with Gasteiger partial charge >= 0.3 is 0 Å². The lowest BCUT2D eigenvalue weighted by atomic mass is 9.81. The molecular weight excluding hydrogens is 234 g/mol. The van der Waals surface area contributed by atoms with Gasteiger partial charge in [0.05, 0.1) is 0 Å². The lowest BCUT2D eigenvalue weighted by Crippen LogP contribution is -2.41. The van der Waals surface area contributed by atoms with Gasteiger partial charge in [0, 0.05) is 23.0 Å². The van der Waals surface area contributed by atoms with Crippen LogP contribution in [0.2, 0.25) is 0 Å². The van der Waals surface area contributed by atoms with E-state index in [9.17, 15) is 5.11 Å². The highest BCUT2D eigenvalue weighted by Crippen LogP contribution is 2.34. The number of hydrogen-bond acceptors (Lipinski definition) is 2. The van der Waals surface area contributed by atoms with Crippen molar-refractivity contribution in [2.45, 2.75) is 38.8 Å². The van der Waals surface area contributed by atoms with Crippen molar-refractivity contribution >= 4 is 10.8 Å². The summed E-state index contributed by atoms with van der Waals surface area (Å²) < 4.78 is 0. The Hall–Kier alpha value is -1.54. The molecule has 0 radical (unpaired) electrons. The lowest BCUT2D eigenvalue weighted by molar-refractivity contribution is 0.225. The van der Waals surface area contributed by atoms with Crippen molar-refractivity contribution in [1.29, 1.82) is 0 Å². The van der Waals surface area contributed by atoms with E-state index in [4.69, 9.17) is 0 Å². The first-order valence-corrected chi connectivity index (χ1v) is 7.12. The second-order valence-corrected chi connectivity index (χ2v) is 5.89. The summed E-state index contributed by atoms with van der Waals surface area (Å²) in [5.74, 6) is 1.26. The molecule has 2 aromatic carbocycles. The minimum Gasteiger partial charge on any atom is -0.507 e. The van der Waals surface area contributed by atoms with E-state index in [0.29, 0.717) is 11.8 Å². The summed E-state index contributed by atoms with van der Waals surface area (Å²) in [6.45, 7) is 4.42. The molecule has 0 aliphatic heterocycles. The molecular formula is C17H21NO. The van der Waals surface area contributed by atoms with Gasteiger partial charge in [0.25, 0.3) is 0 Å². The molecule has 1 atom stereocenters. The Balaban J connectivity index is 1.85. The van der Waals surface area contributed by atoms with Gasteiger partial charge in [-0.05, 0) is 31.1 Å². The van der Waals surface area contributed by atoms with Crippen molar-refractivity contribution in [3.8, 4) is 5.75 Å². The van der Waals surface area contributed by atoms with Crippen molar-refractivity contribution in [2.75, 3.05) is 0 Å². The molecule has 0 spiro atoms. The Morgan fingerprint density at radius 2 is 1.89 bits per heavy atom. The van der Waals surface area contributed by atoms with Gasteiger partial charge in [-0.2, -0.15) is 0 Å². The third-order valence-corrected chi connectivity index (χ3v) is 4.26. The molecule has 0 saturated heterocycles. The SMILES string of the molecule is CC1CC(NC(C)c2ccc3ccccc3c2O)C1. The smallest absolute Gasteiger partial charge is 0.128 e. The van der Waals surface area contributed by atoms with Crippen molar-refractivity contribution in [2.24, 2.45) is 5.92 Å². The highest BCUT2D eigenvalue weighted by Gasteiger charge is 2.27. The number of benzene rings is 2. The maximum absolute atomic E-state index is 10.4. The summed E-state index contributed by atoms with van der Waals surface area (Å²) in [6, 6.07) is 12.9. The second kappa shape index (κ2) is 4.86. The highest BCUT2D eigenvalue weighted by molar-refractivity contribution is 5.89. The molecule has 19 heavy (non-hydrogen) atoms. The highest BCUT2D eigenvalue weighted by atomic mass is 16.3. The van der Waals surface area contributed by atoms with Crippen LogP contribution >= 0.6 is 0 Å². The standard InChI is InChI=1S/C17H21NO/c1-11-9-14(10-11)18-12(2)15-8-7-13-5-3-4-6-16(13)17(15)19/h3-8,11-12,14,18-19H,9-10H2,1-2H3. The first kappa shape index (κ1) is 12.5. The van der Waals surface area contributed by atoms with Gasteiger partial charge < -0.3 is 10.4 Å². The van der Waals surface area contributed by atoms with Gasteiger partial charge in [-0.3, -0.25) is 0 Å². The van der Waals surface area contributed by atoms with E-state index in [2.05, 4.69) is 25.2 Å². The first-order chi connectivity index (χ1) is 9.15. The zero-order valence-corrected chi connectivity index (χ0v) is 11.6. The van der Waals surface area contributed by atoms with Crippen molar-refractivity contribution in [1.82, 2.24) is 5.32 Å². The predicted molar refractivity (Wildman–Crippen MR) is 79.3 cm³/mol. The molecule has 1 unspecified atom stereocenters. The van der Waals surface area contributed by atoms with Crippen LogP contribution in [0, 0.1) is 5.92 Å². The molecule has 0 amide bonds. The maximum Gasteiger partial charge on any atom is 0.128 e. The largest absolute Gasteiger partial charge is 0.507 e. The quantitative estimate of drug-likeness (QED) is 0.869. The molecule has 1 aliphatic carbocycles. The molecule has 0 bridgehead atoms. The van der Waals surface area contributed by atoms with Crippen LogP contribution in [-0.2, 0) is 0 Å². The molecule has 1 saturated carbocycles. The fourth-order valence-corrected chi connectivity index (χ4v) is 3.10. The van der Waals surface area contributed by atoms with Crippen LogP contribution in [0.3, 0.4) is 0 Å². The van der Waals surface area contributed by atoms with E-state index >= 15 is 0 Å². The van der Waals surface area contributed by atoms with E-state index in [1.807, 2.05) is 30.3 Å². The Morgan fingerprint density at radius 1 is 1.16 bits per heavy atom. The lowest BCUT2D eigenvalue weighted by Gasteiger charge is -2.36. The Labute approximate surface area is 114 Å². The average Bonchev–Trinajstić information content (AvgIpc) is 2.37. The van der Waals surface area contributed by atoms with Crippen molar-refractivity contribution in [3.05, 3.63) is 42.0 Å². The van der Waals surface area contributed by atoms with Gasteiger partial charge in [-0.25, -0.2) is 0 Å². The van der Waals surface area contributed by atoms with Crippen LogP contribution < -0.4 is 5.32 Å². The van der Waals surface area contributed by atoms with Gasteiger partial charge in [-0.1, -0.05) is 43.3 Å². The Morgan fingerprint density at radius 3 is 2.63 bits per heavy atom. The molecule has 2 heteroatoms. The van der Waals surface area contributed by atoms with Crippen molar-refractivity contribution in [3.63, 3.8) is 0 Å². The van der Waals surface area contributed by atoms with E-state index in [1.165, 1.54) is 12.8 Å². The zero-order valence-electron chi connectivity index (χ0n) is 11.6. The number of rotatable bonds is 3. The number of aromatic hydroxyl groups is 1. The summed E-state index contributed by atoms with van der Waals surface area (Å²) >= 11 is 0. The predicted octanol–water partition coefficient (Wildman–Crippen LogP) is 3.99. The fourth-order valence-electron chi connectivity index (χ4n) is 3.10. The minimum absolute atomic E-state index is 0.196. The van der Waals surface area contributed by atoms with E-state index < -0.39 is 0 Å². The maximum atomic E-state index is 10.4. The number of phenols is 1. The molecule has 0 heterocycles. The summed E-state index contributed by atoms with van der Waals surface area (Å²) in [7, 11) is 0. The average molecular weight is 255 g/mol. The van der Waals surface area contributed by atoms with Gasteiger partial charge in [-0.15, -0.1) is 0 Å². The summed E-state index contributed by atoms with van der Waals surface area (Å²) in [5, 5.41) is 16.1. The van der Waals surface area contributed by atoms with Gasteiger partial charge in [0.2, 0.25) is 0 Å². The summed E-state index contributed by atoms with van der Waals surface area (Å²) in [6.07, 6.45) is 2.50. The van der Waals surface area contributed by atoms with Crippen LogP contribution in [0.25, 0.3) is 10.8 Å². The van der Waals surface area contributed by atoms with Crippen LogP contribution in [0.15, 0.2) is 36.4 Å². The fraction of sp³-hybridized carbons (Fsp3) is 0.412. The molecule has 3 rings (SSSR count). The van der Waals surface area contributed by atoms with Crippen LogP contribution in [0.4, 0.5) is 0 Å². The van der Waals surface area contributed by atoms with Gasteiger partial charge in [0.15, 0.2) is 0 Å². The number of phenolic OH excluding ortho intramolecular Hbond substituents is 1. The number of nitrogens with one attached hydrogen (secondary N) is 1. The molecule has 1 fully saturated rings. The van der Waals surface area contributed by atoms with Gasteiger partial charge in [0.1, 0.15) is 5.75 Å². The minimum atomic E-state index is 0.196. The molecule has 100 valence electrons. The van der Waals surface area contributed by atoms with E-state index in [0.717, 1.165) is 22.3 Å². The summed E-state index contributed by atoms with van der Waals surface area (Å²) in [4.78, 5) is 0. The normalized spacial score (nSPS) is 24.1. The molecule has 2 aromatic rings. The number of fused-ring (bicyclic) bond motifs is 1. The first-order valence-electron chi connectivity index (χ1n) is 7.12. The van der Waals surface area contributed by atoms with E-state index in [1.54, 1.807) is 0 Å². The van der Waals surface area contributed by atoms with Crippen LogP contribution in [0.5, 0.6) is 5.75 Å². The van der Waals surface area contributed by atoms with Crippen LogP contribution in [-0.4, -0.2) is 11.1 Å². The second-order valence-electron chi connectivity index (χ2n) is 5.89. The topological polar surface area (TPSA) is 32.3 Å². The molecule has 1 aliphatic rings. The third kappa shape index (κ3) is 2.33.